The molecule has 0 atom stereocenters. The zero-order valence-corrected chi connectivity index (χ0v) is 26.6. The van der Waals surface area contributed by atoms with Gasteiger partial charge in [0, 0.05) is 27.5 Å². The van der Waals surface area contributed by atoms with E-state index in [1.807, 2.05) is 36.4 Å². The maximum absolute atomic E-state index is 5.19. The molecule has 9 rings (SSSR count). The molecule has 0 fully saturated rings. The van der Waals surface area contributed by atoms with Crippen LogP contribution in [-0.2, 0) is 0 Å². The third kappa shape index (κ3) is 5.26. The van der Waals surface area contributed by atoms with Crippen molar-refractivity contribution in [3.63, 3.8) is 0 Å². The third-order valence-electron chi connectivity index (χ3n) is 9.06. The Hall–Kier alpha value is -6.65. The first-order valence-corrected chi connectivity index (χ1v) is 16.5. The van der Waals surface area contributed by atoms with Crippen LogP contribution in [0.4, 0.5) is 0 Å². The fraction of sp³-hybridized carbons (Fsp3) is 0. The number of hydrogen-bond acceptors (Lipinski definition) is 3. The van der Waals surface area contributed by atoms with Crippen LogP contribution in [0.3, 0.4) is 0 Å². The lowest BCUT2D eigenvalue weighted by atomic mass is 9.98. The van der Waals surface area contributed by atoms with E-state index < -0.39 is 0 Å². The summed E-state index contributed by atoms with van der Waals surface area (Å²) < 4.78 is 2.33. The van der Waals surface area contributed by atoms with Gasteiger partial charge in [0.15, 0.2) is 17.5 Å². The van der Waals surface area contributed by atoms with Gasteiger partial charge in [-0.25, -0.2) is 15.0 Å². The molecule has 0 spiro atoms. The minimum atomic E-state index is 0.623. The number of rotatable bonds is 6. The molecule has 9 aromatic rings. The van der Waals surface area contributed by atoms with Crippen molar-refractivity contribution in [2.24, 2.45) is 0 Å². The number of benzene rings is 7. The van der Waals surface area contributed by atoms with Crippen LogP contribution < -0.4 is 0 Å². The number of hydrogen-bond donors (Lipinski definition) is 0. The number of nitrogens with zero attached hydrogens (tertiary/aromatic N) is 4. The van der Waals surface area contributed by atoms with Crippen LogP contribution in [0.15, 0.2) is 182 Å². The Bertz CT molecular complexity index is 2550. The highest BCUT2D eigenvalue weighted by Crippen LogP contribution is 2.36. The highest BCUT2D eigenvalue weighted by molar-refractivity contribution is 6.09. The Labute approximate surface area is 284 Å². The van der Waals surface area contributed by atoms with Crippen molar-refractivity contribution < 1.29 is 0 Å². The van der Waals surface area contributed by atoms with Crippen LogP contribution in [-0.4, -0.2) is 19.5 Å². The quantitative estimate of drug-likeness (QED) is 0.184. The Morgan fingerprint density at radius 1 is 0.306 bits per heavy atom. The van der Waals surface area contributed by atoms with Gasteiger partial charge in [-0.3, -0.25) is 0 Å². The maximum atomic E-state index is 5.19. The van der Waals surface area contributed by atoms with Crippen molar-refractivity contribution in [1.29, 1.82) is 0 Å². The summed E-state index contributed by atoms with van der Waals surface area (Å²) in [6.07, 6.45) is 0. The largest absolute Gasteiger partial charge is 0.309 e. The summed E-state index contributed by atoms with van der Waals surface area (Å²) in [5.74, 6) is 1.88. The van der Waals surface area contributed by atoms with Gasteiger partial charge < -0.3 is 4.57 Å². The van der Waals surface area contributed by atoms with Crippen molar-refractivity contribution >= 4 is 21.8 Å². The first kappa shape index (κ1) is 28.6. The Morgan fingerprint density at radius 2 is 0.735 bits per heavy atom. The highest BCUT2D eigenvalue weighted by atomic mass is 15.1. The summed E-state index contributed by atoms with van der Waals surface area (Å²) in [4.78, 5) is 15.4. The number of para-hydroxylation sites is 3. The van der Waals surface area contributed by atoms with Gasteiger partial charge in [0.25, 0.3) is 0 Å². The van der Waals surface area contributed by atoms with Gasteiger partial charge in [-0.2, -0.15) is 0 Å². The van der Waals surface area contributed by atoms with E-state index >= 15 is 0 Å². The Balaban J connectivity index is 1.22. The molecule has 0 N–H and O–H groups in total. The molecule has 4 heteroatoms. The van der Waals surface area contributed by atoms with Crippen LogP contribution in [0.2, 0.25) is 0 Å². The molecule has 4 nitrogen and oxygen atoms in total. The monoisotopic (exact) mass is 626 g/mol. The summed E-state index contributed by atoms with van der Waals surface area (Å²) in [5.41, 5.74) is 10.7. The molecule has 0 aliphatic heterocycles. The minimum Gasteiger partial charge on any atom is -0.309 e. The fourth-order valence-corrected chi connectivity index (χ4v) is 6.73. The van der Waals surface area contributed by atoms with Crippen LogP contribution in [0.1, 0.15) is 0 Å². The molecule has 0 radical (unpaired) electrons. The van der Waals surface area contributed by atoms with Gasteiger partial charge in [-0.1, -0.05) is 146 Å². The third-order valence-corrected chi connectivity index (χ3v) is 9.06. The lowest BCUT2D eigenvalue weighted by Gasteiger charge is -2.14. The smallest absolute Gasteiger partial charge is 0.166 e. The van der Waals surface area contributed by atoms with Gasteiger partial charge in [0.1, 0.15) is 0 Å². The van der Waals surface area contributed by atoms with Crippen molar-refractivity contribution in [3.05, 3.63) is 182 Å². The summed E-state index contributed by atoms with van der Waals surface area (Å²) in [7, 11) is 0. The Kier molecular flexibility index (Phi) is 7.10. The van der Waals surface area contributed by atoms with Crippen LogP contribution >= 0.6 is 0 Å². The van der Waals surface area contributed by atoms with Gasteiger partial charge in [-0.15, -0.1) is 0 Å². The molecule has 230 valence electrons. The van der Waals surface area contributed by atoms with Crippen LogP contribution in [0.5, 0.6) is 0 Å². The molecular formula is C45H30N4. The van der Waals surface area contributed by atoms with Crippen LogP contribution in [0, 0.1) is 0 Å². The lowest BCUT2D eigenvalue weighted by Crippen LogP contribution is -2.03. The molecule has 0 bridgehead atoms. The zero-order valence-electron chi connectivity index (χ0n) is 26.6. The summed E-state index contributed by atoms with van der Waals surface area (Å²) in [6, 6.07) is 63.3. The molecule has 0 aliphatic rings. The standard InChI is InChI=1S/C45H30N4/c1-3-15-31(16-4-1)33-19-13-20-34(29-33)35-21-14-22-36(30-35)44-46-43(32-17-5-2-6-18-32)47-45(48-44)39-25-9-12-28-42(39)49-40-26-10-7-23-37(40)38-24-8-11-27-41(38)49/h1-30H. The predicted molar refractivity (Wildman–Crippen MR) is 201 cm³/mol. The summed E-state index contributed by atoms with van der Waals surface area (Å²) >= 11 is 0. The van der Waals surface area contributed by atoms with Crippen molar-refractivity contribution in [1.82, 2.24) is 19.5 Å². The fourth-order valence-electron chi connectivity index (χ4n) is 6.73. The molecule has 2 heterocycles. The average Bonchev–Trinajstić information content (AvgIpc) is 3.53. The van der Waals surface area contributed by atoms with E-state index in [4.69, 9.17) is 15.0 Å². The first-order chi connectivity index (χ1) is 24.3. The SMILES string of the molecule is c1ccc(-c2cccc(-c3cccc(-c4nc(-c5ccccc5)nc(-c5ccccc5-n5c6ccccc6c6ccccc65)n4)c3)c2)cc1. The second-order valence-electron chi connectivity index (χ2n) is 12.1. The summed E-state index contributed by atoms with van der Waals surface area (Å²) in [6.45, 7) is 0. The molecule has 7 aromatic carbocycles. The van der Waals surface area contributed by atoms with Crippen molar-refractivity contribution in [2.45, 2.75) is 0 Å². The van der Waals surface area contributed by atoms with Crippen molar-refractivity contribution in [2.75, 3.05) is 0 Å². The minimum absolute atomic E-state index is 0.623. The maximum Gasteiger partial charge on any atom is 0.166 e. The van der Waals surface area contributed by atoms with Gasteiger partial charge in [0.2, 0.25) is 0 Å². The molecule has 0 aliphatic carbocycles. The molecule has 0 saturated heterocycles. The van der Waals surface area contributed by atoms with Gasteiger partial charge in [0.05, 0.1) is 16.7 Å². The van der Waals surface area contributed by atoms with E-state index in [0.717, 1.165) is 44.5 Å². The summed E-state index contributed by atoms with van der Waals surface area (Å²) in [5, 5.41) is 2.42. The molecular weight excluding hydrogens is 597 g/mol. The van der Waals surface area contributed by atoms with E-state index in [9.17, 15) is 0 Å². The van der Waals surface area contributed by atoms with E-state index in [2.05, 4.69) is 150 Å². The van der Waals surface area contributed by atoms with E-state index in [-0.39, 0.29) is 0 Å². The average molecular weight is 627 g/mol. The highest BCUT2D eigenvalue weighted by Gasteiger charge is 2.19. The molecule has 0 saturated carbocycles. The zero-order chi connectivity index (χ0) is 32.6. The van der Waals surface area contributed by atoms with Gasteiger partial charge in [-0.05, 0) is 58.7 Å². The van der Waals surface area contributed by atoms with Crippen LogP contribution in [0.25, 0.3) is 83.9 Å². The predicted octanol–water partition coefficient (Wildman–Crippen LogP) is 11.3. The molecule has 49 heavy (non-hydrogen) atoms. The lowest BCUT2D eigenvalue weighted by molar-refractivity contribution is 1.06. The normalized spacial score (nSPS) is 11.3. The van der Waals surface area contributed by atoms with E-state index in [1.54, 1.807) is 0 Å². The Morgan fingerprint density at radius 3 is 1.39 bits per heavy atom. The molecule has 0 unspecified atom stereocenters. The molecule has 0 amide bonds. The number of fused-ring (bicyclic) bond motifs is 3. The van der Waals surface area contributed by atoms with E-state index in [0.29, 0.717) is 17.5 Å². The van der Waals surface area contributed by atoms with Crippen molar-refractivity contribution in [3.8, 4) is 62.1 Å². The molecule has 2 aromatic heterocycles. The second kappa shape index (κ2) is 12.2. The topological polar surface area (TPSA) is 43.6 Å². The first-order valence-electron chi connectivity index (χ1n) is 16.5. The number of aromatic nitrogens is 4. The second-order valence-corrected chi connectivity index (χ2v) is 12.1. The van der Waals surface area contributed by atoms with Gasteiger partial charge >= 0.3 is 0 Å². The van der Waals surface area contributed by atoms with E-state index in [1.165, 1.54) is 21.9 Å².